The molecule has 1 saturated heterocycles. The Kier molecular flexibility index (Phi) is 5.64. The lowest BCUT2D eigenvalue weighted by molar-refractivity contribution is -0.134. The molecule has 1 aromatic carbocycles. The second-order valence-electron chi connectivity index (χ2n) is 5.18. The zero-order valence-electron chi connectivity index (χ0n) is 13.1. The number of para-hydroxylation sites is 1. The molecule has 1 amide bonds. The van der Waals surface area contributed by atoms with E-state index in [0.29, 0.717) is 41.5 Å². The summed E-state index contributed by atoms with van der Waals surface area (Å²) in [6.07, 6.45) is 0. The van der Waals surface area contributed by atoms with E-state index in [0.717, 1.165) is 0 Å². The molecule has 2 heterocycles. The van der Waals surface area contributed by atoms with Gasteiger partial charge < -0.3 is 15.0 Å². The molecular weight excluding hydrogens is 351 g/mol. The molecule has 1 fully saturated rings. The van der Waals surface area contributed by atoms with Gasteiger partial charge in [0.15, 0.2) is 4.34 Å². The van der Waals surface area contributed by atoms with Crippen LogP contribution in [0.3, 0.4) is 0 Å². The number of morpholine rings is 1. The van der Waals surface area contributed by atoms with Crippen molar-refractivity contribution in [3.8, 4) is 0 Å². The van der Waals surface area contributed by atoms with E-state index in [9.17, 15) is 9.18 Å². The van der Waals surface area contributed by atoms with Gasteiger partial charge in [0.1, 0.15) is 5.82 Å². The molecule has 3 rings (SSSR count). The number of thioether (sulfide) groups is 1. The zero-order valence-corrected chi connectivity index (χ0v) is 14.7. The van der Waals surface area contributed by atoms with Crippen LogP contribution in [0.1, 0.15) is 6.92 Å². The predicted octanol–water partition coefficient (Wildman–Crippen LogP) is 2.76. The van der Waals surface area contributed by atoms with Gasteiger partial charge in [-0.05, 0) is 19.1 Å². The number of benzene rings is 1. The van der Waals surface area contributed by atoms with Crippen molar-refractivity contribution in [3.05, 3.63) is 30.1 Å². The molecule has 0 unspecified atom stereocenters. The van der Waals surface area contributed by atoms with E-state index in [2.05, 4.69) is 15.5 Å². The molecule has 1 N–H and O–H groups in total. The number of nitrogens with one attached hydrogen (secondary N) is 1. The first-order valence-electron chi connectivity index (χ1n) is 7.52. The van der Waals surface area contributed by atoms with E-state index < -0.39 is 0 Å². The number of nitrogens with zero attached hydrogens (tertiary/aromatic N) is 3. The molecule has 1 atom stereocenters. The van der Waals surface area contributed by atoms with Crippen molar-refractivity contribution in [2.45, 2.75) is 16.5 Å². The predicted molar refractivity (Wildman–Crippen MR) is 92.3 cm³/mol. The Morgan fingerprint density at radius 2 is 2.12 bits per heavy atom. The molecule has 0 aliphatic carbocycles. The minimum Gasteiger partial charge on any atom is -0.378 e. The maximum absolute atomic E-state index is 13.6. The summed E-state index contributed by atoms with van der Waals surface area (Å²) in [5.74, 6) is -0.278. The Balaban J connectivity index is 1.59. The second kappa shape index (κ2) is 7.91. The monoisotopic (exact) mass is 368 g/mol. The van der Waals surface area contributed by atoms with Crippen LogP contribution in [0.25, 0.3) is 0 Å². The standard InChI is InChI=1S/C15H17FN4O2S2/c1-10(13(21)20-6-8-22-9-7-20)23-15-19-18-14(24-15)17-12-5-3-2-4-11(12)16/h2-5,10H,6-9H2,1H3,(H,17,18)/t10-/m1/s1. The van der Waals surface area contributed by atoms with Gasteiger partial charge in [-0.15, -0.1) is 10.2 Å². The lowest BCUT2D eigenvalue weighted by atomic mass is 10.3. The first-order valence-corrected chi connectivity index (χ1v) is 9.21. The van der Waals surface area contributed by atoms with Gasteiger partial charge in [-0.25, -0.2) is 4.39 Å². The minimum absolute atomic E-state index is 0.0714. The van der Waals surface area contributed by atoms with Gasteiger partial charge in [-0.1, -0.05) is 35.2 Å². The van der Waals surface area contributed by atoms with E-state index >= 15 is 0 Å². The fraction of sp³-hybridized carbons (Fsp3) is 0.400. The van der Waals surface area contributed by atoms with Crippen LogP contribution in [0.5, 0.6) is 0 Å². The Morgan fingerprint density at radius 3 is 2.88 bits per heavy atom. The van der Waals surface area contributed by atoms with Crippen molar-refractivity contribution >= 4 is 39.8 Å². The Hall–Kier alpha value is -1.71. The number of ether oxygens (including phenoxy) is 1. The second-order valence-corrected chi connectivity index (χ2v) is 7.74. The van der Waals surface area contributed by atoms with Crippen LogP contribution in [0.15, 0.2) is 28.6 Å². The summed E-state index contributed by atoms with van der Waals surface area (Å²) in [7, 11) is 0. The molecule has 2 aromatic rings. The highest BCUT2D eigenvalue weighted by atomic mass is 32.2. The average Bonchev–Trinajstić information content (AvgIpc) is 3.04. The Bertz CT molecular complexity index is 706. The summed E-state index contributed by atoms with van der Waals surface area (Å²) in [5, 5.41) is 11.2. The van der Waals surface area contributed by atoms with E-state index in [-0.39, 0.29) is 17.0 Å². The average molecular weight is 368 g/mol. The van der Waals surface area contributed by atoms with Gasteiger partial charge in [0.05, 0.1) is 24.2 Å². The molecule has 1 aromatic heterocycles. The topological polar surface area (TPSA) is 67.4 Å². The van der Waals surface area contributed by atoms with Gasteiger partial charge >= 0.3 is 0 Å². The van der Waals surface area contributed by atoms with E-state index in [4.69, 9.17) is 4.74 Å². The van der Waals surface area contributed by atoms with E-state index in [1.165, 1.54) is 29.2 Å². The highest BCUT2D eigenvalue weighted by Gasteiger charge is 2.24. The van der Waals surface area contributed by atoms with Gasteiger partial charge in [0.25, 0.3) is 0 Å². The lowest BCUT2D eigenvalue weighted by Gasteiger charge is -2.28. The van der Waals surface area contributed by atoms with Gasteiger partial charge in [-0.3, -0.25) is 4.79 Å². The Labute approximate surface area is 147 Å². The normalized spacial score (nSPS) is 16.0. The summed E-state index contributed by atoms with van der Waals surface area (Å²) in [6, 6.07) is 6.38. The molecule has 0 spiro atoms. The SMILES string of the molecule is C[C@@H](Sc1nnc(Nc2ccccc2F)s1)C(=O)N1CCOCC1. The van der Waals surface area contributed by atoms with Gasteiger partial charge in [0, 0.05) is 13.1 Å². The molecule has 0 saturated carbocycles. The number of hydrogen-bond donors (Lipinski definition) is 1. The maximum Gasteiger partial charge on any atom is 0.236 e. The van der Waals surface area contributed by atoms with Crippen LogP contribution in [-0.4, -0.2) is 52.6 Å². The Morgan fingerprint density at radius 1 is 1.38 bits per heavy atom. The van der Waals surface area contributed by atoms with Crippen LogP contribution in [0.2, 0.25) is 0 Å². The third-order valence-electron chi connectivity index (χ3n) is 3.47. The summed E-state index contributed by atoms with van der Waals surface area (Å²) in [6.45, 7) is 4.27. The smallest absolute Gasteiger partial charge is 0.236 e. The van der Waals surface area contributed by atoms with Crippen molar-refractivity contribution in [2.24, 2.45) is 0 Å². The first kappa shape index (κ1) is 17.1. The number of anilines is 2. The first-order chi connectivity index (χ1) is 11.6. The molecule has 9 heteroatoms. The number of carbonyl (C=O) groups is 1. The van der Waals surface area contributed by atoms with Crippen molar-refractivity contribution in [1.82, 2.24) is 15.1 Å². The van der Waals surface area contributed by atoms with Crippen molar-refractivity contribution in [2.75, 3.05) is 31.6 Å². The number of rotatable bonds is 5. The van der Waals surface area contributed by atoms with Crippen LogP contribution in [0.4, 0.5) is 15.2 Å². The largest absolute Gasteiger partial charge is 0.378 e. The third-order valence-corrected chi connectivity index (χ3v) is 5.48. The zero-order chi connectivity index (χ0) is 16.9. The van der Waals surface area contributed by atoms with Gasteiger partial charge in [0.2, 0.25) is 11.0 Å². The summed E-state index contributed by atoms with van der Waals surface area (Å²) < 4.78 is 19.6. The highest BCUT2D eigenvalue weighted by molar-refractivity contribution is 8.02. The fourth-order valence-electron chi connectivity index (χ4n) is 2.23. The third kappa shape index (κ3) is 4.22. The molecule has 24 heavy (non-hydrogen) atoms. The summed E-state index contributed by atoms with van der Waals surface area (Å²) in [5.41, 5.74) is 0.350. The minimum atomic E-state index is -0.349. The maximum atomic E-state index is 13.6. The van der Waals surface area contributed by atoms with Crippen LogP contribution in [0, 0.1) is 5.82 Å². The van der Waals surface area contributed by atoms with Crippen LogP contribution >= 0.6 is 23.1 Å². The van der Waals surface area contributed by atoms with E-state index in [1.54, 1.807) is 23.1 Å². The molecule has 128 valence electrons. The molecule has 0 bridgehead atoms. The van der Waals surface area contributed by atoms with Crippen LogP contribution in [-0.2, 0) is 9.53 Å². The number of hydrogen-bond acceptors (Lipinski definition) is 7. The number of carbonyl (C=O) groups excluding carboxylic acids is 1. The molecule has 6 nitrogen and oxygen atoms in total. The number of aromatic nitrogens is 2. The van der Waals surface area contributed by atoms with Crippen molar-refractivity contribution < 1.29 is 13.9 Å². The number of halogens is 1. The quantitative estimate of drug-likeness (QED) is 0.819. The molecule has 1 aliphatic rings. The summed E-state index contributed by atoms with van der Waals surface area (Å²) >= 11 is 2.66. The lowest BCUT2D eigenvalue weighted by Crippen LogP contribution is -2.44. The molecule has 0 radical (unpaired) electrons. The van der Waals surface area contributed by atoms with Crippen molar-refractivity contribution in [3.63, 3.8) is 0 Å². The molecule has 1 aliphatic heterocycles. The van der Waals surface area contributed by atoms with Gasteiger partial charge in [-0.2, -0.15) is 0 Å². The summed E-state index contributed by atoms with van der Waals surface area (Å²) in [4.78, 5) is 14.2. The van der Waals surface area contributed by atoms with Crippen LogP contribution < -0.4 is 5.32 Å². The number of amides is 1. The fourth-order valence-corrected chi connectivity index (χ4v) is 4.22. The van der Waals surface area contributed by atoms with E-state index in [1.807, 2.05) is 6.92 Å². The van der Waals surface area contributed by atoms with Crippen molar-refractivity contribution in [1.29, 1.82) is 0 Å². The molecular formula is C15H17FN4O2S2. The highest BCUT2D eigenvalue weighted by Crippen LogP contribution is 2.31.